The smallest absolute Gasteiger partial charge is 0.344 e. The first kappa shape index (κ1) is 21.4. The van der Waals surface area contributed by atoms with Crippen LogP contribution in [0.15, 0.2) is 51.8 Å². The fourth-order valence-electron chi connectivity index (χ4n) is 2.52. The van der Waals surface area contributed by atoms with Gasteiger partial charge in [-0.15, -0.1) is 0 Å². The van der Waals surface area contributed by atoms with Crippen LogP contribution >= 0.6 is 39.3 Å². The summed E-state index contributed by atoms with van der Waals surface area (Å²) < 4.78 is 11.1. The topological polar surface area (TPSA) is 72.9 Å². The number of ether oxygens (including phenoxy) is 2. The van der Waals surface area contributed by atoms with E-state index in [2.05, 4.69) is 15.9 Å². The quantitative estimate of drug-likeness (QED) is 0.400. The Hall–Kier alpha value is -2.29. The lowest BCUT2D eigenvalue weighted by atomic mass is 10.2. The van der Waals surface area contributed by atoms with Gasteiger partial charge in [-0.3, -0.25) is 9.59 Å². The molecule has 6 nitrogen and oxygen atoms in total. The van der Waals surface area contributed by atoms with Gasteiger partial charge in [-0.2, -0.15) is 0 Å². The molecule has 1 saturated heterocycles. The fourth-order valence-corrected chi connectivity index (χ4v) is 3.86. The van der Waals surface area contributed by atoms with E-state index in [1.165, 1.54) is 0 Å². The number of carbonyl (C=O) groups is 3. The van der Waals surface area contributed by atoms with Crippen LogP contribution in [0.2, 0.25) is 5.02 Å². The molecule has 0 spiro atoms. The fraction of sp³-hybridized carbons (Fsp3) is 0.150. The summed E-state index contributed by atoms with van der Waals surface area (Å²) in [6.07, 6.45) is 1.56. The molecule has 2 aromatic carbocycles. The number of nitrogens with zero attached hydrogens (tertiary/aromatic N) is 1. The van der Waals surface area contributed by atoms with Crippen LogP contribution in [0, 0.1) is 0 Å². The third-order valence-electron chi connectivity index (χ3n) is 3.79. The third kappa shape index (κ3) is 5.20. The molecule has 0 radical (unpaired) electrons. The van der Waals surface area contributed by atoms with E-state index < -0.39 is 17.1 Å². The lowest BCUT2D eigenvalue weighted by Gasteiger charge is -2.12. The molecular formula is C20H15BrClNO5S. The summed E-state index contributed by atoms with van der Waals surface area (Å²) in [5, 5.41) is 0.0985. The highest BCUT2D eigenvalue weighted by Gasteiger charge is 2.36. The summed E-state index contributed by atoms with van der Waals surface area (Å²) in [6, 6.07) is 11.6. The first-order valence-corrected chi connectivity index (χ1v) is 10.5. The van der Waals surface area contributed by atoms with Crippen molar-refractivity contribution >= 4 is 68.2 Å². The molecule has 1 heterocycles. The summed E-state index contributed by atoms with van der Waals surface area (Å²) in [4.78, 5) is 38.1. The molecule has 0 aromatic heterocycles. The van der Waals surface area contributed by atoms with Gasteiger partial charge in [0, 0.05) is 15.1 Å². The number of hydrogen-bond donors (Lipinski definition) is 0. The molecule has 1 fully saturated rings. The average Bonchev–Trinajstić information content (AvgIpc) is 2.95. The second kappa shape index (κ2) is 9.47. The van der Waals surface area contributed by atoms with Gasteiger partial charge in [0.15, 0.2) is 6.61 Å². The Morgan fingerprint density at radius 1 is 1.21 bits per heavy atom. The number of imide groups is 1. The number of rotatable bonds is 6. The number of halogens is 2. The van der Waals surface area contributed by atoms with Gasteiger partial charge in [0.25, 0.3) is 11.1 Å². The second-order valence-electron chi connectivity index (χ2n) is 5.77. The van der Waals surface area contributed by atoms with Crippen LogP contribution in [0.4, 0.5) is 10.5 Å². The predicted molar refractivity (Wildman–Crippen MR) is 116 cm³/mol. The average molecular weight is 497 g/mol. The molecule has 0 bridgehead atoms. The number of anilines is 1. The highest BCUT2D eigenvalue weighted by molar-refractivity contribution is 9.10. The van der Waals surface area contributed by atoms with Crippen molar-refractivity contribution in [3.63, 3.8) is 0 Å². The highest BCUT2D eigenvalue weighted by atomic mass is 79.9. The van der Waals surface area contributed by atoms with Crippen molar-refractivity contribution in [1.82, 2.24) is 0 Å². The zero-order valence-electron chi connectivity index (χ0n) is 15.2. The highest BCUT2D eigenvalue weighted by Crippen LogP contribution is 2.37. The summed E-state index contributed by atoms with van der Waals surface area (Å²) in [7, 11) is 0. The zero-order valence-corrected chi connectivity index (χ0v) is 18.3. The van der Waals surface area contributed by atoms with E-state index in [0.29, 0.717) is 22.0 Å². The molecule has 0 unspecified atom stereocenters. The molecule has 0 N–H and O–H groups in total. The maximum atomic E-state index is 12.8. The van der Waals surface area contributed by atoms with Crippen LogP contribution in [-0.2, 0) is 14.3 Å². The van der Waals surface area contributed by atoms with E-state index in [1.54, 1.807) is 55.5 Å². The van der Waals surface area contributed by atoms with Gasteiger partial charge >= 0.3 is 5.97 Å². The van der Waals surface area contributed by atoms with E-state index in [4.69, 9.17) is 21.1 Å². The van der Waals surface area contributed by atoms with E-state index in [-0.39, 0.29) is 18.1 Å². The molecule has 1 aliphatic rings. The Labute approximate surface area is 184 Å². The van der Waals surface area contributed by atoms with Crippen molar-refractivity contribution in [1.29, 1.82) is 0 Å². The van der Waals surface area contributed by atoms with Crippen LogP contribution < -0.4 is 9.64 Å². The van der Waals surface area contributed by atoms with Gasteiger partial charge < -0.3 is 9.47 Å². The Morgan fingerprint density at radius 2 is 1.93 bits per heavy atom. The summed E-state index contributed by atoms with van der Waals surface area (Å²) >= 11 is 10.1. The Bertz CT molecular complexity index is 993. The van der Waals surface area contributed by atoms with E-state index in [0.717, 1.165) is 21.1 Å². The Morgan fingerprint density at radius 3 is 2.62 bits per heavy atom. The maximum Gasteiger partial charge on any atom is 0.344 e. The van der Waals surface area contributed by atoms with Crippen LogP contribution in [0.3, 0.4) is 0 Å². The van der Waals surface area contributed by atoms with Gasteiger partial charge in [-0.1, -0.05) is 27.5 Å². The molecule has 1 aliphatic heterocycles. The minimum atomic E-state index is -0.496. The molecule has 2 aromatic rings. The third-order valence-corrected chi connectivity index (χ3v) is 5.40. The van der Waals surface area contributed by atoms with Crippen molar-refractivity contribution in [2.24, 2.45) is 0 Å². The summed E-state index contributed by atoms with van der Waals surface area (Å²) in [5.41, 5.74) is 0.985. The first-order valence-electron chi connectivity index (χ1n) is 8.50. The zero-order chi connectivity index (χ0) is 21.0. The number of thioether (sulfide) groups is 1. The molecule has 0 aliphatic carbocycles. The largest absolute Gasteiger partial charge is 0.481 e. The van der Waals surface area contributed by atoms with Crippen LogP contribution in [-0.4, -0.2) is 30.3 Å². The van der Waals surface area contributed by atoms with Crippen molar-refractivity contribution in [3.8, 4) is 5.75 Å². The van der Waals surface area contributed by atoms with Crippen LogP contribution in [0.25, 0.3) is 6.08 Å². The molecular weight excluding hydrogens is 482 g/mol. The van der Waals surface area contributed by atoms with Crippen LogP contribution in [0.5, 0.6) is 5.75 Å². The number of carbonyl (C=O) groups excluding carboxylic acids is 3. The first-order chi connectivity index (χ1) is 13.9. The minimum absolute atomic E-state index is 0.240. The van der Waals surface area contributed by atoms with Gasteiger partial charge in [0.1, 0.15) is 5.75 Å². The number of amides is 2. The van der Waals surface area contributed by atoms with Gasteiger partial charge in [0.05, 0.1) is 17.2 Å². The molecule has 9 heteroatoms. The van der Waals surface area contributed by atoms with Crippen molar-refractivity contribution in [3.05, 3.63) is 62.4 Å². The van der Waals surface area contributed by atoms with Gasteiger partial charge in [-0.25, -0.2) is 9.69 Å². The lowest BCUT2D eigenvalue weighted by Crippen LogP contribution is -2.27. The van der Waals surface area contributed by atoms with E-state index >= 15 is 0 Å². The van der Waals surface area contributed by atoms with E-state index in [1.807, 2.05) is 0 Å². The number of benzene rings is 2. The molecule has 0 saturated carbocycles. The minimum Gasteiger partial charge on any atom is -0.481 e. The van der Waals surface area contributed by atoms with Gasteiger partial charge in [0.2, 0.25) is 0 Å². The normalized spacial score (nSPS) is 15.1. The van der Waals surface area contributed by atoms with Crippen molar-refractivity contribution < 1.29 is 23.9 Å². The summed E-state index contributed by atoms with van der Waals surface area (Å²) in [5.74, 6) is -0.553. The molecule has 29 heavy (non-hydrogen) atoms. The second-order valence-corrected chi connectivity index (χ2v) is 8.11. The Kier molecular flexibility index (Phi) is 7.00. The standard InChI is InChI=1S/C20H15BrClNO5S/c1-2-27-18(24)11-28-16-8-3-13(21)9-12(16)10-17-19(25)23(20(26)29-17)15-6-4-14(22)5-7-15/h3-10H,2,11H2,1H3/b17-10+. The molecule has 0 atom stereocenters. The maximum absolute atomic E-state index is 12.8. The monoisotopic (exact) mass is 495 g/mol. The van der Waals surface area contributed by atoms with Crippen molar-refractivity contribution in [2.45, 2.75) is 6.92 Å². The molecule has 2 amide bonds. The lowest BCUT2D eigenvalue weighted by molar-refractivity contribution is -0.145. The molecule has 150 valence electrons. The number of esters is 1. The van der Waals surface area contributed by atoms with E-state index in [9.17, 15) is 14.4 Å². The SMILES string of the molecule is CCOC(=O)COc1ccc(Br)cc1/C=C1/SC(=O)N(c2ccc(Cl)cc2)C1=O. The Balaban J connectivity index is 1.87. The predicted octanol–water partition coefficient (Wildman–Crippen LogP) is 5.29. The molecule has 3 rings (SSSR count). The van der Waals surface area contributed by atoms with Crippen molar-refractivity contribution in [2.75, 3.05) is 18.1 Å². The van der Waals surface area contributed by atoms with Crippen LogP contribution in [0.1, 0.15) is 12.5 Å². The number of hydrogen-bond acceptors (Lipinski definition) is 6. The van der Waals surface area contributed by atoms with Gasteiger partial charge in [-0.05, 0) is 67.2 Å². The summed E-state index contributed by atoms with van der Waals surface area (Å²) in [6.45, 7) is 1.70.